The van der Waals surface area contributed by atoms with Crippen LogP contribution in [-0.2, 0) is 21.8 Å². The predicted octanol–water partition coefficient (Wildman–Crippen LogP) is 4.19. The van der Waals surface area contributed by atoms with Crippen LogP contribution in [0, 0.1) is 13.8 Å². The molecule has 4 rings (SSSR count). The van der Waals surface area contributed by atoms with E-state index >= 15 is 0 Å². The van der Waals surface area contributed by atoms with E-state index in [2.05, 4.69) is 20.8 Å². The normalized spacial score (nSPS) is 11.9. The van der Waals surface area contributed by atoms with E-state index in [4.69, 9.17) is 4.52 Å². The number of carbonyl (C=O) groups excluding carboxylic acids is 2. The van der Waals surface area contributed by atoms with Crippen molar-refractivity contribution in [1.82, 2.24) is 15.5 Å². The number of phenolic OH excluding ortho intramolecular Hbond substituents is 1. The maximum Gasteiger partial charge on any atom is 0.247 e. The number of benzene rings is 2. The number of rotatable bonds is 9. The summed E-state index contributed by atoms with van der Waals surface area (Å²) in [6.45, 7) is 3.83. The summed E-state index contributed by atoms with van der Waals surface area (Å²) in [5, 5.41) is 18.8. The molecule has 2 aromatic heterocycles. The third-order valence-corrected chi connectivity index (χ3v) is 7.31. The Kier molecular flexibility index (Phi) is 6.95. The molecule has 33 heavy (non-hydrogen) atoms. The summed E-state index contributed by atoms with van der Waals surface area (Å²) < 4.78 is 7.09. The number of phenols is 1. The van der Waals surface area contributed by atoms with Crippen molar-refractivity contribution < 1.29 is 19.2 Å². The van der Waals surface area contributed by atoms with Gasteiger partial charge < -0.3 is 20.3 Å². The minimum Gasteiger partial charge on any atom is -0.508 e. The van der Waals surface area contributed by atoms with Crippen LogP contribution < -0.4 is 10.6 Å². The largest absolute Gasteiger partial charge is 0.508 e. The number of carbonyl (C=O) groups is 2. The number of amides is 2. The van der Waals surface area contributed by atoms with Gasteiger partial charge in [-0.05, 0) is 49.7 Å². The number of fused-ring (bicyclic) bond motifs is 1. The summed E-state index contributed by atoms with van der Waals surface area (Å²) in [5.41, 5.74) is 4.26. The lowest BCUT2D eigenvalue weighted by Gasteiger charge is -2.16. The Morgan fingerprint density at radius 1 is 1.24 bits per heavy atom. The number of thiazole rings is 1. The first-order chi connectivity index (χ1) is 15.9. The number of thioether (sulfide) groups is 1. The highest BCUT2D eigenvalue weighted by atomic mass is 32.2. The quantitative estimate of drug-likeness (QED) is 0.242. The van der Waals surface area contributed by atoms with Gasteiger partial charge in [0.1, 0.15) is 17.6 Å². The highest BCUT2D eigenvalue weighted by Gasteiger charge is 2.19. The van der Waals surface area contributed by atoms with Crippen LogP contribution in [0.2, 0.25) is 0 Å². The molecule has 0 saturated carbocycles. The number of aryl methyl sites for hydroxylation is 2. The molecule has 0 aliphatic rings. The molecule has 2 aromatic carbocycles. The van der Waals surface area contributed by atoms with E-state index in [1.165, 1.54) is 0 Å². The van der Waals surface area contributed by atoms with E-state index in [9.17, 15) is 14.7 Å². The molecule has 3 N–H and O–H groups in total. The Labute approximate surface area is 198 Å². The van der Waals surface area contributed by atoms with Crippen molar-refractivity contribution in [2.75, 3.05) is 5.32 Å². The van der Waals surface area contributed by atoms with Crippen molar-refractivity contribution in [2.45, 2.75) is 36.4 Å². The Hall–Kier alpha value is -3.37. The van der Waals surface area contributed by atoms with E-state index in [-0.39, 0.29) is 11.7 Å². The fourth-order valence-corrected chi connectivity index (χ4v) is 5.55. The summed E-state index contributed by atoms with van der Waals surface area (Å²) in [6, 6.07) is 11.3. The smallest absolute Gasteiger partial charge is 0.247 e. The minimum absolute atomic E-state index is 0.144. The molecule has 0 aliphatic carbocycles. The van der Waals surface area contributed by atoms with Crippen molar-refractivity contribution in [3.8, 4) is 5.75 Å². The summed E-state index contributed by atoms with van der Waals surface area (Å²) in [7, 11) is 0. The van der Waals surface area contributed by atoms with Gasteiger partial charge in [-0.25, -0.2) is 4.98 Å². The highest BCUT2D eigenvalue weighted by Crippen LogP contribution is 2.34. The van der Waals surface area contributed by atoms with Crippen molar-refractivity contribution in [3.63, 3.8) is 0 Å². The summed E-state index contributed by atoms with van der Waals surface area (Å²) in [5.74, 6) is 1.36. The van der Waals surface area contributed by atoms with Gasteiger partial charge in [0.2, 0.25) is 12.3 Å². The van der Waals surface area contributed by atoms with Crippen LogP contribution in [0.3, 0.4) is 0 Å². The zero-order valence-electron chi connectivity index (χ0n) is 18.0. The van der Waals surface area contributed by atoms with Crippen LogP contribution in [0.15, 0.2) is 51.3 Å². The van der Waals surface area contributed by atoms with Crippen molar-refractivity contribution >= 4 is 51.3 Å². The van der Waals surface area contributed by atoms with Gasteiger partial charge in [0.25, 0.3) is 0 Å². The molecule has 0 bridgehead atoms. The van der Waals surface area contributed by atoms with Crippen molar-refractivity contribution in [2.24, 2.45) is 0 Å². The number of hydrogen-bond donors (Lipinski definition) is 3. The number of nitrogens with zero attached hydrogens (tertiary/aromatic N) is 2. The lowest BCUT2D eigenvalue weighted by atomic mass is 10.1. The van der Waals surface area contributed by atoms with Gasteiger partial charge in [-0.1, -0.05) is 29.1 Å². The number of aromatic hydroxyl groups is 1. The standard InChI is InChI=1S/C23H22N4O4S2/c1-13-18(14(2)31-27-13)11-32-23-26-19-8-5-16(10-21(19)33-23)25-22(30)20(24-12-28)9-15-3-6-17(29)7-4-15/h3-8,10,12,20,29H,9,11H2,1-2H3,(H,24,28)(H,25,30). The maximum atomic E-state index is 12.8. The molecule has 1 unspecified atom stereocenters. The molecule has 0 radical (unpaired) electrons. The Bertz CT molecular complexity index is 1260. The van der Waals surface area contributed by atoms with Crippen LogP contribution in [0.1, 0.15) is 22.6 Å². The Balaban J connectivity index is 1.44. The third-order valence-electron chi connectivity index (χ3n) is 5.12. The van der Waals surface area contributed by atoms with Gasteiger partial charge in [-0.2, -0.15) is 0 Å². The van der Waals surface area contributed by atoms with Crippen LogP contribution in [-0.4, -0.2) is 33.6 Å². The lowest BCUT2D eigenvalue weighted by molar-refractivity contribution is -0.121. The summed E-state index contributed by atoms with van der Waals surface area (Å²) >= 11 is 3.17. The van der Waals surface area contributed by atoms with Gasteiger partial charge in [-0.3, -0.25) is 9.59 Å². The van der Waals surface area contributed by atoms with Crippen molar-refractivity contribution in [3.05, 3.63) is 65.0 Å². The number of aromatic nitrogens is 2. The van der Waals surface area contributed by atoms with Gasteiger partial charge in [0, 0.05) is 23.4 Å². The van der Waals surface area contributed by atoms with E-state index in [1.807, 2.05) is 26.0 Å². The molecule has 2 heterocycles. The second-order valence-electron chi connectivity index (χ2n) is 7.45. The SMILES string of the molecule is Cc1noc(C)c1CSc1nc2ccc(NC(=O)C(Cc3ccc(O)cc3)NC=O)cc2s1. The molecule has 0 saturated heterocycles. The molecule has 4 aromatic rings. The van der Waals surface area contributed by atoms with Crippen molar-refractivity contribution in [1.29, 1.82) is 0 Å². The molecule has 0 fully saturated rings. The molecule has 0 aliphatic heterocycles. The van der Waals surface area contributed by atoms with Gasteiger partial charge in [-0.15, -0.1) is 11.3 Å². The predicted molar refractivity (Wildman–Crippen MR) is 129 cm³/mol. The van der Waals surface area contributed by atoms with E-state index in [0.29, 0.717) is 18.5 Å². The Morgan fingerprint density at radius 3 is 2.73 bits per heavy atom. The van der Waals surface area contributed by atoms with E-state index in [1.54, 1.807) is 53.4 Å². The highest BCUT2D eigenvalue weighted by molar-refractivity contribution is 8.00. The number of anilines is 1. The zero-order chi connectivity index (χ0) is 23.4. The molecule has 1 atom stereocenters. The third kappa shape index (κ3) is 5.52. The fourth-order valence-electron chi connectivity index (χ4n) is 3.29. The molecule has 8 nitrogen and oxygen atoms in total. The second kappa shape index (κ2) is 10.1. The first-order valence-corrected chi connectivity index (χ1v) is 12.0. The summed E-state index contributed by atoms with van der Waals surface area (Å²) in [4.78, 5) is 28.5. The molecule has 10 heteroatoms. The van der Waals surface area contributed by atoms with Gasteiger partial charge >= 0.3 is 0 Å². The molecule has 2 amide bonds. The molecular formula is C23H22N4O4S2. The van der Waals surface area contributed by atoms with Gasteiger partial charge in [0.15, 0.2) is 4.34 Å². The van der Waals surface area contributed by atoms with Crippen LogP contribution in [0.4, 0.5) is 5.69 Å². The second-order valence-corrected chi connectivity index (χ2v) is 9.70. The first kappa shape index (κ1) is 22.8. The molecular weight excluding hydrogens is 460 g/mol. The van der Waals surface area contributed by atoms with E-state index in [0.717, 1.165) is 42.9 Å². The van der Waals surface area contributed by atoms with Crippen LogP contribution in [0.5, 0.6) is 5.75 Å². The monoisotopic (exact) mass is 482 g/mol. The fraction of sp³-hybridized carbons (Fsp3) is 0.217. The number of nitrogens with one attached hydrogen (secondary N) is 2. The zero-order valence-corrected chi connectivity index (χ0v) is 19.6. The maximum absolute atomic E-state index is 12.8. The average molecular weight is 483 g/mol. The van der Waals surface area contributed by atoms with E-state index < -0.39 is 6.04 Å². The van der Waals surface area contributed by atoms with Crippen LogP contribution >= 0.6 is 23.1 Å². The lowest BCUT2D eigenvalue weighted by Crippen LogP contribution is -2.41. The minimum atomic E-state index is -0.745. The topological polar surface area (TPSA) is 117 Å². The Morgan fingerprint density at radius 2 is 2.03 bits per heavy atom. The van der Waals surface area contributed by atoms with Crippen LogP contribution in [0.25, 0.3) is 10.2 Å². The number of hydrogen-bond acceptors (Lipinski definition) is 8. The van der Waals surface area contributed by atoms with Gasteiger partial charge in [0.05, 0.1) is 15.9 Å². The first-order valence-electron chi connectivity index (χ1n) is 10.2. The average Bonchev–Trinajstić information content (AvgIpc) is 3.35. The molecule has 170 valence electrons. The molecule has 0 spiro atoms. The summed E-state index contributed by atoms with van der Waals surface area (Å²) in [6.07, 6.45) is 0.815.